The summed E-state index contributed by atoms with van der Waals surface area (Å²) >= 11 is 0. The van der Waals surface area contributed by atoms with Gasteiger partial charge < -0.3 is 19.8 Å². The molecule has 0 radical (unpaired) electrons. The number of nitro benzene ring substituents is 1. The van der Waals surface area contributed by atoms with Crippen molar-refractivity contribution in [1.82, 2.24) is 14.5 Å². The van der Waals surface area contributed by atoms with E-state index >= 15 is 0 Å². The van der Waals surface area contributed by atoms with Crippen LogP contribution in [0.15, 0.2) is 48.5 Å². The van der Waals surface area contributed by atoms with Crippen molar-refractivity contribution in [3.63, 3.8) is 0 Å². The highest BCUT2D eigenvalue weighted by atomic mass is 16.6. The largest absolute Gasteiger partial charge is 0.462 e. The third-order valence-electron chi connectivity index (χ3n) is 4.93. The Morgan fingerprint density at radius 1 is 1.03 bits per heavy atom. The fraction of sp³-hybridized carbons (Fsp3) is 0.182. The number of carbonyl (C=O) groups excluding carboxylic acids is 2. The number of hydrogen-bond donors (Lipinski definition) is 1. The molecule has 33 heavy (non-hydrogen) atoms. The van der Waals surface area contributed by atoms with Gasteiger partial charge in [0, 0.05) is 12.1 Å². The second-order valence-electron chi connectivity index (χ2n) is 6.96. The van der Waals surface area contributed by atoms with Gasteiger partial charge >= 0.3 is 11.9 Å². The molecule has 0 amide bonds. The van der Waals surface area contributed by atoms with Crippen molar-refractivity contribution < 1.29 is 24.0 Å². The number of carbonyl (C=O) groups is 2. The van der Waals surface area contributed by atoms with Crippen LogP contribution in [0.1, 0.15) is 27.6 Å². The first kappa shape index (κ1) is 21.7. The van der Waals surface area contributed by atoms with Crippen LogP contribution in [0.2, 0.25) is 0 Å². The van der Waals surface area contributed by atoms with Crippen LogP contribution >= 0.6 is 0 Å². The molecule has 0 aliphatic rings. The van der Waals surface area contributed by atoms with Crippen molar-refractivity contribution in [3.8, 4) is 0 Å². The van der Waals surface area contributed by atoms with Gasteiger partial charge in [-0.15, -0.1) is 0 Å². The van der Waals surface area contributed by atoms with E-state index in [2.05, 4.69) is 9.97 Å². The SMILES string of the molecule is CCOC(=O)c1c(N)n(CCOC(=O)c2ccc([N+](=O)[O-])cc2)c2nc3ccccc3nc12. The maximum Gasteiger partial charge on any atom is 0.344 e. The molecule has 0 fully saturated rings. The van der Waals surface area contributed by atoms with Gasteiger partial charge in [-0.1, -0.05) is 12.1 Å². The second kappa shape index (κ2) is 8.91. The average molecular weight is 449 g/mol. The number of nitrogens with two attached hydrogens (primary N) is 1. The molecule has 4 rings (SSSR count). The molecule has 2 heterocycles. The monoisotopic (exact) mass is 449 g/mol. The first-order chi connectivity index (χ1) is 15.9. The summed E-state index contributed by atoms with van der Waals surface area (Å²) in [6.45, 7) is 1.87. The number of hydrogen-bond acceptors (Lipinski definition) is 9. The van der Waals surface area contributed by atoms with Gasteiger partial charge in [-0.25, -0.2) is 19.6 Å². The van der Waals surface area contributed by atoms with E-state index in [0.29, 0.717) is 22.2 Å². The third kappa shape index (κ3) is 4.15. The molecule has 11 nitrogen and oxygen atoms in total. The van der Waals surface area contributed by atoms with E-state index in [4.69, 9.17) is 15.2 Å². The number of nitro groups is 1. The first-order valence-electron chi connectivity index (χ1n) is 10.0. The molecule has 2 aromatic heterocycles. The minimum atomic E-state index is -0.651. The second-order valence-corrected chi connectivity index (χ2v) is 6.96. The van der Waals surface area contributed by atoms with E-state index in [1.54, 1.807) is 23.6 Å². The minimum absolute atomic E-state index is 0.0828. The molecule has 168 valence electrons. The van der Waals surface area contributed by atoms with Crippen molar-refractivity contribution in [1.29, 1.82) is 0 Å². The minimum Gasteiger partial charge on any atom is -0.462 e. The lowest BCUT2D eigenvalue weighted by molar-refractivity contribution is -0.384. The molecular formula is C22H19N5O6. The van der Waals surface area contributed by atoms with Crippen LogP contribution in [0.25, 0.3) is 22.2 Å². The molecule has 2 aromatic carbocycles. The summed E-state index contributed by atoms with van der Waals surface area (Å²) in [7, 11) is 0. The highest BCUT2D eigenvalue weighted by molar-refractivity contribution is 6.08. The number of ether oxygens (including phenoxy) is 2. The van der Waals surface area contributed by atoms with Crippen molar-refractivity contribution in [2.75, 3.05) is 18.9 Å². The van der Waals surface area contributed by atoms with Gasteiger partial charge in [0.1, 0.15) is 23.5 Å². The van der Waals surface area contributed by atoms with Crippen molar-refractivity contribution in [3.05, 3.63) is 69.8 Å². The Morgan fingerprint density at radius 2 is 1.70 bits per heavy atom. The zero-order chi connectivity index (χ0) is 23.5. The lowest BCUT2D eigenvalue weighted by Crippen LogP contribution is -2.14. The molecule has 0 bridgehead atoms. The van der Waals surface area contributed by atoms with E-state index < -0.39 is 16.9 Å². The predicted molar refractivity (Wildman–Crippen MR) is 119 cm³/mol. The van der Waals surface area contributed by atoms with Crippen molar-refractivity contribution >= 4 is 45.6 Å². The maximum atomic E-state index is 12.6. The van der Waals surface area contributed by atoms with Gasteiger partial charge in [-0.05, 0) is 31.2 Å². The molecule has 0 aliphatic carbocycles. The Hall–Kier alpha value is -4.54. The maximum absolute atomic E-state index is 12.6. The topological polar surface area (TPSA) is 152 Å². The average Bonchev–Trinajstić information content (AvgIpc) is 3.08. The summed E-state index contributed by atoms with van der Waals surface area (Å²) in [5.41, 5.74) is 8.27. The van der Waals surface area contributed by atoms with E-state index in [1.165, 1.54) is 24.3 Å². The van der Waals surface area contributed by atoms with Crippen LogP contribution in [-0.4, -0.2) is 44.6 Å². The van der Waals surface area contributed by atoms with Gasteiger partial charge in [0.05, 0.1) is 34.7 Å². The van der Waals surface area contributed by atoms with Crippen LogP contribution in [-0.2, 0) is 16.0 Å². The summed E-state index contributed by atoms with van der Waals surface area (Å²) < 4.78 is 12.0. The number of nitrogen functional groups attached to an aromatic ring is 1. The van der Waals surface area contributed by atoms with E-state index in [9.17, 15) is 19.7 Å². The van der Waals surface area contributed by atoms with Gasteiger partial charge in [0.2, 0.25) is 0 Å². The normalized spacial score (nSPS) is 10.9. The number of benzene rings is 2. The lowest BCUT2D eigenvalue weighted by atomic mass is 10.2. The summed E-state index contributed by atoms with van der Waals surface area (Å²) in [6, 6.07) is 12.3. The molecule has 4 aromatic rings. The zero-order valence-electron chi connectivity index (χ0n) is 17.6. The Bertz CT molecular complexity index is 1380. The fourth-order valence-corrected chi connectivity index (χ4v) is 3.38. The van der Waals surface area contributed by atoms with E-state index in [1.807, 2.05) is 12.1 Å². The number of anilines is 1. The highest BCUT2D eigenvalue weighted by Crippen LogP contribution is 2.28. The third-order valence-corrected chi connectivity index (χ3v) is 4.93. The van der Waals surface area contributed by atoms with Gasteiger partial charge in [0.15, 0.2) is 5.65 Å². The number of aromatic nitrogens is 3. The predicted octanol–water partition coefficient (Wildman–Crippen LogP) is 3.11. The first-order valence-corrected chi connectivity index (χ1v) is 10.0. The van der Waals surface area contributed by atoms with E-state index in [-0.39, 0.29) is 42.4 Å². The van der Waals surface area contributed by atoms with Crippen LogP contribution < -0.4 is 5.73 Å². The fourth-order valence-electron chi connectivity index (χ4n) is 3.38. The summed E-state index contributed by atoms with van der Waals surface area (Å²) in [6.07, 6.45) is 0. The number of rotatable bonds is 7. The van der Waals surface area contributed by atoms with Crippen LogP contribution in [0, 0.1) is 10.1 Å². The van der Waals surface area contributed by atoms with Gasteiger partial charge in [-0.2, -0.15) is 0 Å². The molecule has 11 heteroatoms. The summed E-state index contributed by atoms with van der Waals surface area (Å²) in [4.78, 5) is 44.2. The van der Waals surface area contributed by atoms with E-state index in [0.717, 1.165) is 0 Å². The molecule has 0 saturated carbocycles. The molecular weight excluding hydrogens is 430 g/mol. The molecule has 2 N–H and O–H groups in total. The van der Waals surface area contributed by atoms with Gasteiger partial charge in [-0.3, -0.25) is 10.1 Å². The lowest BCUT2D eigenvalue weighted by Gasteiger charge is -2.09. The van der Waals surface area contributed by atoms with Crippen molar-refractivity contribution in [2.24, 2.45) is 0 Å². The Morgan fingerprint density at radius 3 is 2.33 bits per heavy atom. The molecule has 0 spiro atoms. The number of non-ortho nitro benzene ring substituents is 1. The number of esters is 2. The standard InChI is InChI=1S/C22H19N5O6/c1-2-32-22(29)17-18-20(25-16-6-4-3-5-15(16)24-18)26(19(17)23)11-12-33-21(28)13-7-9-14(10-8-13)27(30)31/h3-10H,2,11-12,23H2,1H3. The van der Waals surface area contributed by atoms with Crippen molar-refractivity contribution in [2.45, 2.75) is 13.5 Å². The molecule has 0 atom stereocenters. The Labute approximate surface area is 186 Å². The molecule has 0 saturated heterocycles. The summed E-state index contributed by atoms with van der Waals surface area (Å²) in [5.74, 6) is -1.17. The Kier molecular flexibility index (Phi) is 5.85. The quantitative estimate of drug-likeness (QED) is 0.255. The number of nitrogens with zero attached hydrogens (tertiary/aromatic N) is 4. The van der Waals surface area contributed by atoms with Crippen LogP contribution in [0.5, 0.6) is 0 Å². The van der Waals surface area contributed by atoms with Gasteiger partial charge in [0.25, 0.3) is 5.69 Å². The molecule has 0 aliphatic heterocycles. The highest BCUT2D eigenvalue weighted by Gasteiger charge is 2.25. The summed E-state index contributed by atoms with van der Waals surface area (Å²) in [5, 5.41) is 10.8. The number of para-hydroxylation sites is 2. The van der Waals surface area contributed by atoms with Crippen LogP contribution in [0.4, 0.5) is 11.5 Å². The molecule has 0 unspecified atom stereocenters. The van der Waals surface area contributed by atoms with Crippen LogP contribution in [0.3, 0.4) is 0 Å². The zero-order valence-corrected chi connectivity index (χ0v) is 17.6. The smallest absolute Gasteiger partial charge is 0.344 e. The Balaban J connectivity index is 1.62. The number of fused-ring (bicyclic) bond motifs is 2.